The van der Waals surface area contributed by atoms with Crippen LogP contribution < -0.4 is 0 Å². The second-order valence-electron chi connectivity index (χ2n) is 6.63. The first-order valence-corrected chi connectivity index (χ1v) is 10.5. The minimum Gasteiger partial charge on any atom is -0.331 e. The molecule has 0 aliphatic carbocycles. The van der Waals surface area contributed by atoms with Crippen LogP contribution in [0.2, 0.25) is 0 Å². The van der Waals surface area contributed by atoms with E-state index in [1.807, 2.05) is 34.5 Å². The molecule has 9 heteroatoms. The third-order valence-electron chi connectivity index (χ3n) is 4.88. The number of hydrogen-bond donors (Lipinski definition) is 0. The van der Waals surface area contributed by atoms with Crippen LogP contribution >= 0.6 is 0 Å². The highest BCUT2D eigenvalue weighted by Gasteiger charge is 2.29. The predicted octanol–water partition coefficient (Wildman–Crippen LogP) is 1.68. The van der Waals surface area contributed by atoms with E-state index in [0.29, 0.717) is 31.0 Å². The van der Waals surface area contributed by atoms with Crippen molar-refractivity contribution in [2.75, 3.05) is 6.54 Å². The average Bonchev–Trinajstić information content (AvgIpc) is 3.26. The van der Waals surface area contributed by atoms with E-state index in [2.05, 4.69) is 15.3 Å². The summed E-state index contributed by atoms with van der Waals surface area (Å²) < 4.78 is 31.6. The van der Waals surface area contributed by atoms with E-state index in [1.54, 1.807) is 24.7 Å². The summed E-state index contributed by atoms with van der Waals surface area (Å²) in [6.07, 6.45) is 6.86. The van der Waals surface area contributed by atoms with E-state index < -0.39 is 10.0 Å². The van der Waals surface area contributed by atoms with Crippen LogP contribution in [0.4, 0.5) is 0 Å². The molecule has 0 saturated carbocycles. The zero-order valence-electron chi connectivity index (χ0n) is 15.2. The van der Waals surface area contributed by atoms with E-state index in [0.717, 1.165) is 23.4 Å². The molecule has 4 rings (SSSR count). The number of hydrogen-bond acceptors (Lipinski definition) is 5. The van der Waals surface area contributed by atoms with E-state index in [-0.39, 0.29) is 6.54 Å². The lowest BCUT2D eigenvalue weighted by Crippen LogP contribution is -2.31. The Morgan fingerprint density at radius 3 is 2.67 bits per heavy atom. The number of aromatic nitrogens is 5. The van der Waals surface area contributed by atoms with Gasteiger partial charge in [0.05, 0.1) is 30.0 Å². The highest BCUT2D eigenvalue weighted by atomic mass is 32.2. The van der Waals surface area contributed by atoms with Gasteiger partial charge in [-0.2, -0.15) is 4.31 Å². The molecule has 0 bridgehead atoms. The summed E-state index contributed by atoms with van der Waals surface area (Å²) in [6.45, 7) is 3.97. The molecule has 1 aromatic carbocycles. The Balaban J connectivity index is 1.63. The number of rotatable bonds is 5. The smallest absolute Gasteiger partial charge is 0.243 e. The van der Waals surface area contributed by atoms with Crippen LogP contribution in [0.25, 0.3) is 0 Å². The topological polar surface area (TPSA) is 85.9 Å². The lowest BCUT2D eigenvalue weighted by atomic mass is 10.2. The molecule has 0 saturated heterocycles. The van der Waals surface area contributed by atoms with Crippen LogP contribution in [-0.4, -0.2) is 43.8 Å². The molecule has 1 aliphatic rings. The summed E-state index contributed by atoms with van der Waals surface area (Å²) in [6, 6.07) is 7.14. The van der Waals surface area contributed by atoms with Crippen LogP contribution in [0.3, 0.4) is 0 Å². The van der Waals surface area contributed by atoms with Gasteiger partial charge in [0, 0.05) is 25.5 Å². The van der Waals surface area contributed by atoms with E-state index >= 15 is 0 Å². The van der Waals surface area contributed by atoms with Crippen molar-refractivity contribution in [2.24, 2.45) is 0 Å². The molecule has 8 nitrogen and oxygen atoms in total. The molecule has 0 amide bonds. The fourth-order valence-corrected chi connectivity index (χ4v) is 4.73. The Bertz CT molecular complexity index is 1010. The Hall–Kier alpha value is -2.52. The Kier molecular flexibility index (Phi) is 4.79. The van der Waals surface area contributed by atoms with Gasteiger partial charge in [0.25, 0.3) is 0 Å². The molecule has 1 aliphatic heterocycles. The first-order valence-electron chi connectivity index (χ1n) is 9.04. The third-order valence-corrected chi connectivity index (χ3v) is 6.74. The van der Waals surface area contributed by atoms with Gasteiger partial charge in [0.1, 0.15) is 5.69 Å². The van der Waals surface area contributed by atoms with Crippen LogP contribution in [-0.2, 0) is 36.1 Å². The SMILES string of the molecule is CCc1ccc(S(=O)(=O)N2CCCn3nnc(Cn4ccnc4)c3C2)cc1. The third kappa shape index (κ3) is 3.52. The van der Waals surface area contributed by atoms with Crippen LogP contribution in [0.15, 0.2) is 47.9 Å². The van der Waals surface area contributed by atoms with Gasteiger partial charge in [-0.3, -0.25) is 0 Å². The van der Waals surface area contributed by atoms with Crippen molar-refractivity contribution in [2.45, 2.75) is 44.3 Å². The maximum Gasteiger partial charge on any atom is 0.243 e. The molecule has 0 fully saturated rings. The highest BCUT2D eigenvalue weighted by Crippen LogP contribution is 2.23. The fraction of sp³-hybridized carbons (Fsp3) is 0.389. The first kappa shape index (κ1) is 17.9. The van der Waals surface area contributed by atoms with Crippen molar-refractivity contribution < 1.29 is 8.42 Å². The van der Waals surface area contributed by atoms with E-state index in [4.69, 9.17) is 0 Å². The van der Waals surface area contributed by atoms with Crippen molar-refractivity contribution >= 4 is 10.0 Å². The van der Waals surface area contributed by atoms with E-state index in [1.165, 1.54) is 4.31 Å². The van der Waals surface area contributed by atoms with Crippen molar-refractivity contribution in [3.05, 3.63) is 59.9 Å². The predicted molar refractivity (Wildman–Crippen MR) is 99.4 cm³/mol. The van der Waals surface area contributed by atoms with Gasteiger partial charge < -0.3 is 4.57 Å². The maximum absolute atomic E-state index is 13.2. The van der Waals surface area contributed by atoms with Gasteiger partial charge in [0.2, 0.25) is 10.0 Å². The fourth-order valence-electron chi connectivity index (χ4n) is 3.29. The minimum atomic E-state index is -3.56. The van der Waals surface area contributed by atoms with E-state index in [9.17, 15) is 8.42 Å². The van der Waals surface area contributed by atoms with Gasteiger partial charge in [-0.1, -0.05) is 24.3 Å². The number of imidazole rings is 1. The summed E-state index contributed by atoms with van der Waals surface area (Å²) in [5, 5.41) is 8.49. The molecular formula is C18H22N6O2S. The van der Waals surface area contributed by atoms with Gasteiger partial charge in [-0.15, -0.1) is 5.10 Å². The van der Waals surface area contributed by atoms with Gasteiger partial charge in [0.15, 0.2) is 0 Å². The zero-order valence-corrected chi connectivity index (χ0v) is 16.0. The minimum absolute atomic E-state index is 0.273. The molecule has 0 atom stereocenters. The standard InChI is InChI=1S/C18H22N6O2S/c1-2-15-4-6-16(7-5-15)27(25,26)23-9-3-10-24-18(13-23)17(20-21-24)12-22-11-8-19-14-22/h4-8,11,14H,2-3,9-10,12-13H2,1H3. The monoisotopic (exact) mass is 386 g/mol. The zero-order chi connectivity index (χ0) is 18.9. The largest absolute Gasteiger partial charge is 0.331 e. The Labute approximate surface area is 158 Å². The molecule has 142 valence electrons. The van der Waals surface area contributed by atoms with Gasteiger partial charge in [-0.05, 0) is 30.5 Å². The average molecular weight is 386 g/mol. The molecular weight excluding hydrogens is 364 g/mol. The summed E-state index contributed by atoms with van der Waals surface area (Å²) in [7, 11) is -3.56. The van der Waals surface area contributed by atoms with Crippen molar-refractivity contribution in [1.29, 1.82) is 0 Å². The van der Waals surface area contributed by atoms with Crippen molar-refractivity contribution in [1.82, 2.24) is 28.9 Å². The maximum atomic E-state index is 13.2. The molecule has 0 radical (unpaired) electrons. The molecule has 2 aromatic heterocycles. The number of benzene rings is 1. The molecule has 27 heavy (non-hydrogen) atoms. The summed E-state index contributed by atoms with van der Waals surface area (Å²) in [4.78, 5) is 4.37. The second-order valence-corrected chi connectivity index (χ2v) is 8.57. The number of sulfonamides is 1. The van der Waals surface area contributed by atoms with Gasteiger partial charge in [-0.25, -0.2) is 18.1 Å². The summed E-state index contributed by atoms with van der Waals surface area (Å²) in [5.74, 6) is 0. The lowest BCUT2D eigenvalue weighted by Gasteiger charge is -2.20. The molecule has 0 N–H and O–H groups in total. The molecule has 3 aromatic rings. The number of nitrogens with zero attached hydrogens (tertiary/aromatic N) is 6. The number of fused-ring (bicyclic) bond motifs is 1. The quantitative estimate of drug-likeness (QED) is 0.666. The Morgan fingerprint density at radius 1 is 1.15 bits per heavy atom. The van der Waals surface area contributed by atoms with Crippen LogP contribution in [0.5, 0.6) is 0 Å². The Morgan fingerprint density at radius 2 is 1.96 bits per heavy atom. The van der Waals surface area contributed by atoms with Crippen molar-refractivity contribution in [3.63, 3.8) is 0 Å². The lowest BCUT2D eigenvalue weighted by molar-refractivity contribution is 0.408. The molecule has 3 heterocycles. The second kappa shape index (κ2) is 7.24. The van der Waals surface area contributed by atoms with Crippen LogP contribution in [0, 0.1) is 0 Å². The molecule has 0 spiro atoms. The van der Waals surface area contributed by atoms with Crippen molar-refractivity contribution in [3.8, 4) is 0 Å². The summed E-state index contributed by atoms with van der Waals surface area (Å²) >= 11 is 0. The first-order chi connectivity index (χ1) is 13.1. The van der Waals surface area contributed by atoms with Crippen LogP contribution in [0.1, 0.15) is 30.3 Å². The highest BCUT2D eigenvalue weighted by molar-refractivity contribution is 7.89. The number of aryl methyl sites for hydroxylation is 2. The normalized spacial score (nSPS) is 15.4. The summed E-state index contributed by atoms with van der Waals surface area (Å²) in [5.41, 5.74) is 2.74. The van der Waals surface area contributed by atoms with Gasteiger partial charge >= 0.3 is 0 Å². The molecule has 0 unspecified atom stereocenters.